The van der Waals surface area contributed by atoms with E-state index in [0.29, 0.717) is 15.9 Å². The molecule has 0 saturated carbocycles. The maximum atomic E-state index is 11.1. The van der Waals surface area contributed by atoms with E-state index in [2.05, 4.69) is 26.2 Å². The summed E-state index contributed by atoms with van der Waals surface area (Å²) in [6.45, 7) is 1.97. The molecule has 1 aromatic carbocycles. The number of ether oxygens (including phenoxy) is 1. The van der Waals surface area contributed by atoms with Crippen molar-refractivity contribution in [1.29, 1.82) is 0 Å². The number of benzene rings is 1. The minimum atomic E-state index is -0.449. The molecule has 0 atom stereocenters. The first-order valence-corrected chi connectivity index (χ1v) is 7.01. The number of anilines is 1. The van der Waals surface area contributed by atoms with Gasteiger partial charge in [-0.05, 0) is 24.6 Å². The summed E-state index contributed by atoms with van der Waals surface area (Å²) in [6, 6.07) is 6.87. The average Bonchev–Trinajstić information content (AvgIpc) is 2.45. The molecule has 0 spiro atoms. The Balaban J connectivity index is 2.30. The van der Waals surface area contributed by atoms with E-state index in [1.807, 2.05) is 6.07 Å². The van der Waals surface area contributed by atoms with E-state index >= 15 is 0 Å². The van der Waals surface area contributed by atoms with E-state index in [-0.39, 0.29) is 18.0 Å². The van der Waals surface area contributed by atoms with Gasteiger partial charge in [0.1, 0.15) is 12.4 Å². The molecule has 0 aliphatic carbocycles. The Morgan fingerprint density at radius 3 is 2.90 bits per heavy atom. The summed E-state index contributed by atoms with van der Waals surface area (Å²) >= 11 is 3.25. The Hall–Kier alpha value is -2.15. The lowest BCUT2D eigenvalue weighted by Gasteiger charge is -2.12. The number of hydrogen-bond donors (Lipinski definition) is 1. The van der Waals surface area contributed by atoms with Gasteiger partial charge in [-0.3, -0.25) is 10.1 Å². The number of aromatic nitrogens is 1. The summed E-state index contributed by atoms with van der Waals surface area (Å²) in [5.74, 6) is 0.962. The number of pyridine rings is 1. The van der Waals surface area contributed by atoms with Crippen molar-refractivity contribution in [1.82, 2.24) is 4.98 Å². The second kappa shape index (κ2) is 6.53. The summed E-state index contributed by atoms with van der Waals surface area (Å²) in [4.78, 5) is 14.9. The van der Waals surface area contributed by atoms with Crippen molar-refractivity contribution >= 4 is 27.4 Å². The first-order valence-electron chi connectivity index (χ1n) is 6.22. The smallest absolute Gasteiger partial charge is 0.312 e. The summed E-state index contributed by atoms with van der Waals surface area (Å²) in [5.41, 5.74) is 1.47. The molecule has 2 aromatic rings. The predicted molar refractivity (Wildman–Crippen MR) is 83.6 cm³/mol. The van der Waals surface area contributed by atoms with Gasteiger partial charge < -0.3 is 10.1 Å². The van der Waals surface area contributed by atoms with Crippen LogP contribution in [0.4, 0.5) is 11.5 Å². The average molecular weight is 352 g/mol. The van der Waals surface area contributed by atoms with E-state index in [1.165, 1.54) is 6.07 Å². The molecule has 0 saturated heterocycles. The quantitative estimate of drug-likeness (QED) is 0.656. The molecule has 0 amide bonds. The van der Waals surface area contributed by atoms with Gasteiger partial charge in [0, 0.05) is 29.3 Å². The highest BCUT2D eigenvalue weighted by molar-refractivity contribution is 9.10. The minimum absolute atomic E-state index is 0.0585. The normalized spacial score (nSPS) is 10.2. The van der Waals surface area contributed by atoms with Crippen LogP contribution in [-0.4, -0.2) is 17.0 Å². The Bertz CT molecular complexity index is 677. The molecule has 1 N–H and O–H groups in total. The van der Waals surface area contributed by atoms with Crippen LogP contribution in [0.1, 0.15) is 11.1 Å². The lowest BCUT2D eigenvalue weighted by atomic mass is 10.2. The molecule has 1 heterocycles. The van der Waals surface area contributed by atoms with Crippen LogP contribution in [0.25, 0.3) is 0 Å². The fourth-order valence-corrected chi connectivity index (χ4v) is 2.53. The Kier molecular flexibility index (Phi) is 4.74. The van der Waals surface area contributed by atoms with Gasteiger partial charge in [0.15, 0.2) is 5.75 Å². The van der Waals surface area contributed by atoms with Crippen LogP contribution in [0.3, 0.4) is 0 Å². The van der Waals surface area contributed by atoms with Gasteiger partial charge in [-0.15, -0.1) is 0 Å². The summed E-state index contributed by atoms with van der Waals surface area (Å²) in [7, 11) is 1.76. The van der Waals surface area contributed by atoms with Crippen molar-refractivity contribution in [3.63, 3.8) is 0 Å². The van der Waals surface area contributed by atoms with Crippen molar-refractivity contribution in [2.45, 2.75) is 13.5 Å². The number of aryl methyl sites for hydroxylation is 1. The maximum absolute atomic E-state index is 11.1. The number of nitrogens with zero attached hydrogens (tertiary/aromatic N) is 2. The van der Waals surface area contributed by atoms with Crippen LogP contribution in [-0.2, 0) is 6.61 Å². The second-order valence-corrected chi connectivity index (χ2v) is 5.29. The molecule has 2 rings (SSSR count). The molecule has 110 valence electrons. The summed E-state index contributed by atoms with van der Waals surface area (Å²) in [6.07, 6.45) is 1.67. The number of rotatable bonds is 5. The van der Waals surface area contributed by atoms with Crippen LogP contribution in [0.15, 0.2) is 34.9 Å². The standard InChI is InChI=1S/C14H14BrN3O3/c1-9-6-11(15)7-12(18(19)20)13(9)21-8-10-4-3-5-17-14(10)16-2/h3-7H,8H2,1-2H3,(H,16,17). The van der Waals surface area contributed by atoms with Crippen molar-refractivity contribution in [2.75, 3.05) is 12.4 Å². The highest BCUT2D eigenvalue weighted by atomic mass is 79.9. The highest BCUT2D eigenvalue weighted by Gasteiger charge is 2.19. The number of halogens is 1. The maximum Gasteiger partial charge on any atom is 0.312 e. The zero-order valence-corrected chi connectivity index (χ0v) is 13.2. The number of nitrogens with one attached hydrogen (secondary N) is 1. The number of nitro benzene ring substituents is 1. The zero-order valence-electron chi connectivity index (χ0n) is 11.6. The fourth-order valence-electron chi connectivity index (χ4n) is 1.97. The molecule has 0 fully saturated rings. The SMILES string of the molecule is CNc1ncccc1COc1c(C)cc(Br)cc1[N+](=O)[O-]. The lowest BCUT2D eigenvalue weighted by Crippen LogP contribution is -2.04. The van der Waals surface area contributed by atoms with Crippen molar-refractivity contribution in [3.05, 3.63) is 56.2 Å². The molecule has 0 unspecified atom stereocenters. The molecule has 7 heteroatoms. The van der Waals surface area contributed by atoms with Gasteiger partial charge in [-0.25, -0.2) is 4.98 Å². The van der Waals surface area contributed by atoms with Gasteiger partial charge in [0.2, 0.25) is 0 Å². The van der Waals surface area contributed by atoms with Gasteiger partial charge >= 0.3 is 5.69 Å². The van der Waals surface area contributed by atoms with Crippen molar-refractivity contribution in [3.8, 4) is 5.75 Å². The summed E-state index contributed by atoms with van der Waals surface area (Å²) in [5, 5.41) is 14.1. The lowest BCUT2D eigenvalue weighted by molar-refractivity contribution is -0.386. The number of nitro groups is 1. The third-order valence-electron chi connectivity index (χ3n) is 2.92. The Labute approximate surface area is 130 Å². The van der Waals surface area contributed by atoms with E-state index in [1.54, 1.807) is 32.3 Å². The minimum Gasteiger partial charge on any atom is -0.482 e. The molecule has 6 nitrogen and oxygen atoms in total. The van der Waals surface area contributed by atoms with Crippen LogP contribution < -0.4 is 10.1 Å². The third kappa shape index (κ3) is 3.49. The monoisotopic (exact) mass is 351 g/mol. The molecule has 0 radical (unpaired) electrons. The predicted octanol–water partition coefficient (Wildman–Crippen LogP) is 3.68. The largest absolute Gasteiger partial charge is 0.482 e. The Morgan fingerprint density at radius 1 is 1.48 bits per heavy atom. The van der Waals surface area contributed by atoms with E-state index in [4.69, 9.17) is 4.74 Å². The molecule has 0 aliphatic heterocycles. The first-order chi connectivity index (χ1) is 10.0. The molecule has 21 heavy (non-hydrogen) atoms. The van der Waals surface area contributed by atoms with E-state index in [9.17, 15) is 10.1 Å². The molecular formula is C14H14BrN3O3. The highest BCUT2D eigenvalue weighted by Crippen LogP contribution is 2.34. The van der Waals surface area contributed by atoms with Gasteiger partial charge in [0.25, 0.3) is 0 Å². The van der Waals surface area contributed by atoms with Gasteiger partial charge in [0.05, 0.1) is 4.92 Å². The topological polar surface area (TPSA) is 77.3 Å². The van der Waals surface area contributed by atoms with E-state index < -0.39 is 4.92 Å². The van der Waals surface area contributed by atoms with Crippen molar-refractivity contribution in [2.24, 2.45) is 0 Å². The van der Waals surface area contributed by atoms with Crippen LogP contribution in [0.2, 0.25) is 0 Å². The molecule has 1 aromatic heterocycles. The fraction of sp³-hybridized carbons (Fsp3) is 0.214. The summed E-state index contributed by atoms with van der Waals surface area (Å²) < 4.78 is 6.32. The number of hydrogen-bond acceptors (Lipinski definition) is 5. The Morgan fingerprint density at radius 2 is 2.24 bits per heavy atom. The zero-order chi connectivity index (χ0) is 15.4. The van der Waals surface area contributed by atoms with Crippen LogP contribution >= 0.6 is 15.9 Å². The van der Waals surface area contributed by atoms with Crippen LogP contribution in [0.5, 0.6) is 5.75 Å². The molecular weight excluding hydrogens is 338 g/mol. The van der Waals surface area contributed by atoms with E-state index in [0.717, 1.165) is 5.56 Å². The molecule has 0 bridgehead atoms. The second-order valence-electron chi connectivity index (χ2n) is 4.38. The third-order valence-corrected chi connectivity index (χ3v) is 3.37. The van der Waals surface area contributed by atoms with Crippen molar-refractivity contribution < 1.29 is 9.66 Å². The van der Waals surface area contributed by atoms with Gasteiger partial charge in [-0.2, -0.15) is 0 Å². The first kappa shape index (κ1) is 15.2. The van der Waals surface area contributed by atoms with Gasteiger partial charge in [-0.1, -0.05) is 22.0 Å². The van der Waals surface area contributed by atoms with Crippen LogP contribution in [0, 0.1) is 17.0 Å². The molecule has 0 aliphatic rings.